The Hall–Kier alpha value is -2.15. The summed E-state index contributed by atoms with van der Waals surface area (Å²) < 4.78 is 1.12. The first kappa shape index (κ1) is 14.8. The number of likely N-dealkylation sites (N-methyl/N-ethyl adjacent to an activating group) is 1. The highest BCUT2D eigenvalue weighted by Gasteiger charge is 2.21. The monoisotopic (exact) mass is 318 g/mol. The molecule has 0 N–H and O–H groups in total. The van der Waals surface area contributed by atoms with E-state index in [4.69, 9.17) is 0 Å². The zero-order chi connectivity index (χ0) is 15.5. The van der Waals surface area contributed by atoms with Crippen molar-refractivity contribution in [1.29, 1.82) is 0 Å². The van der Waals surface area contributed by atoms with Crippen molar-refractivity contribution < 1.29 is 9.59 Å². The number of carbonyl (C=O) groups is 2. The summed E-state index contributed by atoms with van der Waals surface area (Å²) >= 11 is 1.59. The van der Waals surface area contributed by atoms with E-state index in [9.17, 15) is 9.59 Å². The maximum atomic E-state index is 12.3. The summed E-state index contributed by atoms with van der Waals surface area (Å²) in [7, 11) is 1.89. The third-order valence-electron chi connectivity index (χ3n) is 3.80. The Bertz CT molecular complexity index is 646. The van der Waals surface area contributed by atoms with Gasteiger partial charge in [0.2, 0.25) is 12.3 Å². The van der Waals surface area contributed by atoms with Crippen molar-refractivity contribution in [3.05, 3.63) is 24.3 Å². The number of hydrogen-bond donors (Lipinski definition) is 0. The molecule has 1 aromatic heterocycles. The Morgan fingerprint density at radius 2 is 2.05 bits per heavy atom. The molecular weight excluding hydrogens is 300 g/mol. The van der Waals surface area contributed by atoms with E-state index < -0.39 is 0 Å². The normalized spacial score (nSPS) is 15.1. The number of para-hydroxylation sites is 1. The van der Waals surface area contributed by atoms with Crippen LogP contribution in [0.2, 0.25) is 0 Å². The number of amides is 2. The molecule has 2 heterocycles. The van der Waals surface area contributed by atoms with Gasteiger partial charge in [0.15, 0.2) is 5.13 Å². The SMILES string of the molecule is CN(CC(=O)N1CCN(C=O)CC1)c1nc2ccccc2s1. The van der Waals surface area contributed by atoms with Gasteiger partial charge in [0.05, 0.1) is 16.8 Å². The highest BCUT2D eigenvalue weighted by Crippen LogP contribution is 2.27. The minimum absolute atomic E-state index is 0.0762. The average Bonchev–Trinajstić information content (AvgIpc) is 2.99. The number of benzene rings is 1. The van der Waals surface area contributed by atoms with Gasteiger partial charge in [-0.05, 0) is 12.1 Å². The standard InChI is InChI=1S/C15H18N4O2S/c1-17(15-16-12-4-2-3-5-13(12)22-15)10-14(21)19-8-6-18(11-20)7-9-19/h2-5,11H,6-10H2,1H3. The molecular formula is C15H18N4O2S. The fourth-order valence-electron chi connectivity index (χ4n) is 2.47. The molecule has 0 bridgehead atoms. The molecule has 22 heavy (non-hydrogen) atoms. The van der Waals surface area contributed by atoms with Gasteiger partial charge in [0.25, 0.3) is 0 Å². The summed E-state index contributed by atoms with van der Waals surface area (Å²) in [5.41, 5.74) is 0.960. The highest BCUT2D eigenvalue weighted by molar-refractivity contribution is 7.22. The highest BCUT2D eigenvalue weighted by atomic mass is 32.1. The fourth-order valence-corrected chi connectivity index (χ4v) is 3.40. The first-order chi connectivity index (χ1) is 10.7. The molecule has 0 spiro atoms. The predicted molar refractivity (Wildman–Crippen MR) is 87.1 cm³/mol. The molecule has 0 unspecified atom stereocenters. The first-order valence-electron chi connectivity index (χ1n) is 7.21. The van der Waals surface area contributed by atoms with Crippen LogP contribution in [-0.2, 0) is 9.59 Å². The Labute approximate surface area is 132 Å². The van der Waals surface area contributed by atoms with Crippen LogP contribution in [0, 0.1) is 0 Å². The van der Waals surface area contributed by atoms with Crippen molar-refractivity contribution in [3.63, 3.8) is 0 Å². The van der Waals surface area contributed by atoms with E-state index in [2.05, 4.69) is 4.98 Å². The third-order valence-corrected chi connectivity index (χ3v) is 4.95. The van der Waals surface area contributed by atoms with Gasteiger partial charge in [-0.1, -0.05) is 23.5 Å². The number of fused-ring (bicyclic) bond motifs is 1. The van der Waals surface area contributed by atoms with Crippen molar-refractivity contribution in [3.8, 4) is 0 Å². The second-order valence-corrected chi connectivity index (χ2v) is 6.35. The molecule has 1 aromatic carbocycles. The van der Waals surface area contributed by atoms with Gasteiger partial charge in [0, 0.05) is 33.2 Å². The van der Waals surface area contributed by atoms with E-state index in [1.807, 2.05) is 41.1 Å². The minimum atomic E-state index is 0.0762. The molecule has 7 heteroatoms. The van der Waals surface area contributed by atoms with Gasteiger partial charge in [-0.2, -0.15) is 0 Å². The quantitative estimate of drug-likeness (QED) is 0.790. The largest absolute Gasteiger partial charge is 0.342 e. The number of piperazine rings is 1. The summed E-state index contributed by atoms with van der Waals surface area (Å²) in [6.45, 7) is 2.73. The van der Waals surface area contributed by atoms with Crippen molar-refractivity contribution in [2.24, 2.45) is 0 Å². The van der Waals surface area contributed by atoms with Crippen LogP contribution in [0.3, 0.4) is 0 Å². The van der Waals surface area contributed by atoms with Gasteiger partial charge in [0.1, 0.15) is 0 Å². The summed E-state index contributed by atoms with van der Waals surface area (Å²) in [5.74, 6) is 0.0762. The lowest BCUT2D eigenvalue weighted by molar-refractivity contribution is -0.133. The smallest absolute Gasteiger partial charge is 0.242 e. The van der Waals surface area contributed by atoms with E-state index >= 15 is 0 Å². The van der Waals surface area contributed by atoms with Crippen LogP contribution < -0.4 is 4.90 Å². The van der Waals surface area contributed by atoms with Crippen molar-refractivity contribution in [1.82, 2.24) is 14.8 Å². The molecule has 2 amide bonds. The average molecular weight is 318 g/mol. The van der Waals surface area contributed by atoms with Crippen LogP contribution in [0.1, 0.15) is 0 Å². The molecule has 1 aliphatic rings. The van der Waals surface area contributed by atoms with E-state index in [0.717, 1.165) is 21.8 Å². The first-order valence-corrected chi connectivity index (χ1v) is 8.03. The molecule has 6 nitrogen and oxygen atoms in total. The number of rotatable bonds is 4. The summed E-state index contributed by atoms with van der Waals surface area (Å²) in [5, 5.41) is 0.848. The molecule has 3 rings (SSSR count). The van der Waals surface area contributed by atoms with Crippen molar-refractivity contribution in [2.45, 2.75) is 0 Å². The molecule has 0 saturated carbocycles. The minimum Gasteiger partial charge on any atom is -0.342 e. The van der Waals surface area contributed by atoms with E-state index in [0.29, 0.717) is 32.7 Å². The van der Waals surface area contributed by atoms with Gasteiger partial charge in [-0.3, -0.25) is 9.59 Å². The van der Waals surface area contributed by atoms with Crippen LogP contribution in [0.25, 0.3) is 10.2 Å². The van der Waals surface area contributed by atoms with Crippen LogP contribution in [-0.4, -0.2) is 66.9 Å². The Balaban J connectivity index is 1.62. The molecule has 2 aromatic rings. The topological polar surface area (TPSA) is 56.8 Å². The number of carbonyl (C=O) groups excluding carboxylic acids is 2. The third kappa shape index (κ3) is 3.04. The number of nitrogens with zero attached hydrogens (tertiary/aromatic N) is 4. The molecule has 1 fully saturated rings. The van der Waals surface area contributed by atoms with Crippen molar-refractivity contribution >= 4 is 39.0 Å². The second-order valence-electron chi connectivity index (χ2n) is 5.34. The number of thiazole rings is 1. The molecule has 1 saturated heterocycles. The van der Waals surface area contributed by atoms with Gasteiger partial charge in [-0.25, -0.2) is 4.98 Å². The Morgan fingerprint density at radius 3 is 2.73 bits per heavy atom. The number of anilines is 1. The fraction of sp³-hybridized carbons (Fsp3) is 0.400. The van der Waals surface area contributed by atoms with Crippen LogP contribution in [0.5, 0.6) is 0 Å². The summed E-state index contributed by atoms with van der Waals surface area (Å²) in [6, 6.07) is 7.96. The zero-order valence-electron chi connectivity index (χ0n) is 12.4. The van der Waals surface area contributed by atoms with Gasteiger partial charge >= 0.3 is 0 Å². The van der Waals surface area contributed by atoms with Crippen molar-refractivity contribution in [2.75, 3.05) is 44.7 Å². The van der Waals surface area contributed by atoms with E-state index in [1.54, 1.807) is 16.2 Å². The zero-order valence-corrected chi connectivity index (χ0v) is 13.3. The van der Waals surface area contributed by atoms with Gasteiger partial charge in [-0.15, -0.1) is 0 Å². The maximum absolute atomic E-state index is 12.3. The molecule has 0 atom stereocenters. The number of aromatic nitrogens is 1. The lowest BCUT2D eigenvalue weighted by Gasteiger charge is -2.33. The van der Waals surface area contributed by atoms with E-state index in [1.165, 1.54) is 0 Å². The molecule has 1 aliphatic heterocycles. The summed E-state index contributed by atoms with van der Waals surface area (Å²) in [6.07, 6.45) is 0.842. The summed E-state index contributed by atoms with van der Waals surface area (Å²) in [4.78, 5) is 33.0. The van der Waals surface area contributed by atoms with Crippen LogP contribution in [0.15, 0.2) is 24.3 Å². The lowest BCUT2D eigenvalue weighted by atomic mass is 10.3. The maximum Gasteiger partial charge on any atom is 0.242 e. The molecule has 0 radical (unpaired) electrons. The van der Waals surface area contributed by atoms with Crippen LogP contribution >= 0.6 is 11.3 Å². The number of hydrogen-bond acceptors (Lipinski definition) is 5. The lowest BCUT2D eigenvalue weighted by Crippen LogP contribution is -2.50. The van der Waals surface area contributed by atoms with Crippen LogP contribution in [0.4, 0.5) is 5.13 Å². The predicted octanol–water partition coefficient (Wildman–Crippen LogP) is 1.03. The second kappa shape index (κ2) is 6.31. The molecule has 0 aliphatic carbocycles. The molecule has 116 valence electrons. The Morgan fingerprint density at radius 1 is 1.32 bits per heavy atom. The van der Waals surface area contributed by atoms with E-state index in [-0.39, 0.29) is 5.91 Å². The Kier molecular flexibility index (Phi) is 4.24. The van der Waals surface area contributed by atoms with Gasteiger partial charge < -0.3 is 14.7 Å².